The summed E-state index contributed by atoms with van der Waals surface area (Å²) in [7, 11) is 0. The molecule has 0 aliphatic rings. The van der Waals surface area contributed by atoms with Gasteiger partial charge in [-0.2, -0.15) is 0 Å². The van der Waals surface area contributed by atoms with Crippen molar-refractivity contribution in [3.05, 3.63) is 76.9 Å². The van der Waals surface area contributed by atoms with E-state index >= 15 is 0 Å². The van der Waals surface area contributed by atoms with Crippen LogP contribution >= 0.6 is 0 Å². The monoisotopic (exact) mass is 388 g/mol. The summed E-state index contributed by atoms with van der Waals surface area (Å²) in [6, 6.07) is 15.3. The van der Waals surface area contributed by atoms with Crippen LogP contribution in [0.4, 0.5) is 17.2 Å². The number of nitro groups is 1. The number of imidazole rings is 1. The average Bonchev–Trinajstić information content (AvgIpc) is 3.17. The number of benzene rings is 2. The van der Waals surface area contributed by atoms with E-state index in [2.05, 4.69) is 27.2 Å². The molecule has 0 aliphatic carbocycles. The van der Waals surface area contributed by atoms with Gasteiger partial charge < -0.3 is 5.32 Å². The molecule has 4 aromatic rings. The lowest BCUT2D eigenvalue weighted by molar-refractivity contribution is -0.384. The van der Waals surface area contributed by atoms with Crippen LogP contribution in [0.1, 0.15) is 25.3 Å². The number of para-hydroxylation sites is 2. The molecule has 4 rings (SSSR count). The maximum Gasteiger partial charge on any atom is 0.354 e. The molecule has 146 valence electrons. The third-order valence-corrected chi connectivity index (χ3v) is 4.70. The quantitative estimate of drug-likeness (QED) is 0.360. The van der Waals surface area contributed by atoms with Crippen LogP contribution in [0.25, 0.3) is 16.9 Å². The zero-order valence-electron chi connectivity index (χ0n) is 15.9. The van der Waals surface area contributed by atoms with E-state index in [-0.39, 0.29) is 17.3 Å². The number of anilines is 2. The molecule has 0 unspecified atom stereocenters. The van der Waals surface area contributed by atoms with E-state index in [0.29, 0.717) is 0 Å². The van der Waals surface area contributed by atoms with Crippen molar-refractivity contribution in [2.45, 2.75) is 26.2 Å². The van der Waals surface area contributed by atoms with Gasteiger partial charge in [0.25, 0.3) is 0 Å². The van der Waals surface area contributed by atoms with Crippen molar-refractivity contribution < 1.29 is 4.92 Å². The first kappa shape index (κ1) is 18.5. The molecule has 0 fully saturated rings. The van der Waals surface area contributed by atoms with Crippen LogP contribution in [0.15, 0.2) is 61.2 Å². The van der Waals surface area contributed by atoms with Gasteiger partial charge in [0.05, 0.1) is 16.0 Å². The molecule has 2 aromatic carbocycles. The third kappa shape index (κ3) is 3.77. The number of nitrogens with zero attached hydrogens (tertiary/aromatic N) is 5. The highest BCUT2D eigenvalue weighted by atomic mass is 16.6. The summed E-state index contributed by atoms with van der Waals surface area (Å²) in [5, 5.41) is 14.9. The molecule has 0 radical (unpaired) electrons. The first-order chi connectivity index (χ1) is 14.2. The second kappa shape index (κ2) is 8.05. The van der Waals surface area contributed by atoms with Gasteiger partial charge in [-0.05, 0) is 42.7 Å². The van der Waals surface area contributed by atoms with Crippen LogP contribution < -0.4 is 5.32 Å². The van der Waals surface area contributed by atoms with Gasteiger partial charge in [-0.1, -0.05) is 37.6 Å². The highest BCUT2D eigenvalue weighted by Crippen LogP contribution is 2.31. The van der Waals surface area contributed by atoms with Crippen molar-refractivity contribution in [3.8, 4) is 5.82 Å². The first-order valence-corrected chi connectivity index (χ1v) is 9.45. The summed E-state index contributed by atoms with van der Waals surface area (Å²) in [6.45, 7) is 2.16. The molecule has 0 atom stereocenters. The van der Waals surface area contributed by atoms with Crippen LogP contribution in [-0.2, 0) is 6.42 Å². The molecule has 8 heteroatoms. The standard InChI is InChI=1S/C21H20N6O2/c1-2-3-6-15-9-11-16(12-10-15)25-20-19(27(28)29)21(23-13-22-20)26-14-24-17-7-4-5-8-18(17)26/h4-5,7-14H,2-3,6H2,1H3,(H,22,23,25). The number of unbranched alkanes of at least 4 members (excludes halogenated alkanes) is 1. The van der Waals surface area contributed by atoms with Crippen LogP contribution in [0.5, 0.6) is 0 Å². The Morgan fingerprint density at radius 1 is 1.07 bits per heavy atom. The van der Waals surface area contributed by atoms with Gasteiger partial charge in [0.2, 0.25) is 11.6 Å². The smallest absolute Gasteiger partial charge is 0.334 e. The zero-order chi connectivity index (χ0) is 20.2. The van der Waals surface area contributed by atoms with E-state index in [0.717, 1.165) is 36.0 Å². The Morgan fingerprint density at radius 3 is 2.62 bits per heavy atom. The molecule has 0 amide bonds. The van der Waals surface area contributed by atoms with Crippen molar-refractivity contribution in [1.29, 1.82) is 0 Å². The van der Waals surface area contributed by atoms with E-state index in [9.17, 15) is 10.1 Å². The van der Waals surface area contributed by atoms with Crippen LogP contribution in [0, 0.1) is 10.1 Å². The van der Waals surface area contributed by atoms with Crippen molar-refractivity contribution in [3.63, 3.8) is 0 Å². The van der Waals surface area contributed by atoms with Crippen molar-refractivity contribution >= 4 is 28.2 Å². The van der Waals surface area contributed by atoms with E-state index in [4.69, 9.17) is 0 Å². The molecule has 0 saturated heterocycles. The molecule has 29 heavy (non-hydrogen) atoms. The topological polar surface area (TPSA) is 98.8 Å². The van der Waals surface area contributed by atoms with Gasteiger partial charge in [-0.3, -0.25) is 14.7 Å². The molecule has 2 heterocycles. The lowest BCUT2D eigenvalue weighted by Gasteiger charge is -2.10. The van der Waals surface area contributed by atoms with Crippen molar-refractivity contribution in [2.75, 3.05) is 5.32 Å². The highest BCUT2D eigenvalue weighted by Gasteiger charge is 2.25. The number of aromatic nitrogens is 4. The van der Waals surface area contributed by atoms with Gasteiger partial charge in [0, 0.05) is 5.69 Å². The van der Waals surface area contributed by atoms with E-state index in [1.165, 1.54) is 18.2 Å². The Morgan fingerprint density at radius 2 is 1.86 bits per heavy atom. The van der Waals surface area contributed by atoms with Crippen molar-refractivity contribution in [1.82, 2.24) is 19.5 Å². The second-order valence-corrected chi connectivity index (χ2v) is 6.68. The number of hydrogen-bond donors (Lipinski definition) is 1. The molecule has 8 nitrogen and oxygen atoms in total. The second-order valence-electron chi connectivity index (χ2n) is 6.68. The fraction of sp³-hybridized carbons (Fsp3) is 0.190. The van der Waals surface area contributed by atoms with Crippen LogP contribution in [0.3, 0.4) is 0 Å². The average molecular weight is 388 g/mol. The Bertz CT molecular complexity index is 1150. The fourth-order valence-electron chi connectivity index (χ4n) is 3.21. The summed E-state index contributed by atoms with van der Waals surface area (Å²) in [4.78, 5) is 24.0. The number of nitrogens with one attached hydrogen (secondary N) is 1. The first-order valence-electron chi connectivity index (χ1n) is 9.45. The minimum Gasteiger partial charge on any atom is -0.334 e. The van der Waals surface area contributed by atoms with Gasteiger partial charge in [0.15, 0.2) is 0 Å². The summed E-state index contributed by atoms with van der Waals surface area (Å²) in [5.74, 6) is 0.305. The van der Waals surface area contributed by atoms with Gasteiger partial charge in [-0.25, -0.2) is 15.0 Å². The van der Waals surface area contributed by atoms with Crippen molar-refractivity contribution in [2.24, 2.45) is 0 Å². The maximum atomic E-state index is 11.9. The summed E-state index contributed by atoms with van der Waals surface area (Å²) >= 11 is 0. The van der Waals surface area contributed by atoms with E-state index in [1.54, 1.807) is 4.57 Å². The summed E-state index contributed by atoms with van der Waals surface area (Å²) in [6.07, 6.45) is 6.13. The van der Waals surface area contributed by atoms with Gasteiger partial charge in [0.1, 0.15) is 12.7 Å². The predicted molar refractivity (Wildman–Crippen MR) is 112 cm³/mol. The minimum atomic E-state index is -0.470. The highest BCUT2D eigenvalue weighted by molar-refractivity contribution is 5.79. The molecule has 0 aliphatic heterocycles. The minimum absolute atomic E-state index is 0.138. The number of hydrogen-bond acceptors (Lipinski definition) is 6. The molecule has 0 bridgehead atoms. The van der Waals surface area contributed by atoms with Gasteiger partial charge >= 0.3 is 5.69 Å². The van der Waals surface area contributed by atoms with Crippen LogP contribution in [0.2, 0.25) is 0 Å². The van der Waals surface area contributed by atoms with Crippen LogP contribution in [-0.4, -0.2) is 24.4 Å². The molecule has 1 N–H and O–H groups in total. The zero-order valence-corrected chi connectivity index (χ0v) is 15.9. The number of fused-ring (bicyclic) bond motifs is 1. The lowest BCUT2D eigenvalue weighted by atomic mass is 10.1. The number of rotatable bonds is 7. The normalized spacial score (nSPS) is 10.9. The Labute approximate surface area is 167 Å². The third-order valence-electron chi connectivity index (χ3n) is 4.70. The maximum absolute atomic E-state index is 11.9. The Kier molecular flexibility index (Phi) is 5.15. The Balaban J connectivity index is 1.71. The largest absolute Gasteiger partial charge is 0.354 e. The molecule has 2 aromatic heterocycles. The fourth-order valence-corrected chi connectivity index (χ4v) is 3.21. The molecule has 0 saturated carbocycles. The summed E-state index contributed by atoms with van der Waals surface area (Å²) < 4.78 is 1.61. The van der Waals surface area contributed by atoms with E-state index < -0.39 is 4.92 Å². The Hall–Kier alpha value is -3.81. The number of aryl methyl sites for hydroxylation is 1. The van der Waals surface area contributed by atoms with Gasteiger partial charge in [-0.15, -0.1) is 0 Å². The molecular formula is C21H20N6O2. The summed E-state index contributed by atoms with van der Waals surface area (Å²) in [5.41, 5.74) is 3.23. The SMILES string of the molecule is CCCCc1ccc(Nc2ncnc(-n3cnc4ccccc43)c2[N+](=O)[O-])cc1. The van der Waals surface area contributed by atoms with E-state index in [1.807, 2.05) is 48.5 Å². The predicted octanol–water partition coefficient (Wildman–Crippen LogP) is 4.81. The molecule has 0 spiro atoms. The lowest BCUT2D eigenvalue weighted by Crippen LogP contribution is -2.07. The molecular weight excluding hydrogens is 368 g/mol.